The van der Waals surface area contributed by atoms with Crippen molar-refractivity contribution in [2.24, 2.45) is 0 Å². The van der Waals surface area contributed by atoms with Gasteiger partial charge < -0.3 is 0 Å². The van der Waals surface area contributed by atoms with Crippen molar-refractivity contribution in [1.29, 1.82) is 0 Å². The first-order valence-electron chi connectivity index (χ1n) is 8.85. The Morgan fingerprint density at radius 2 is 1.80 bits per heavy atom. The number of hydrogen-bond acceptors (Lipinski definition) is 4. The minimum absolute atomic E-state index is 0.444. The Bertz CT molecular complexity index is 835. The predicted octanol–water partition coefficient (Wildman–Crippen LogP) is 3.62. The lowest BCUT2D eigenvalue weighted by Gasteiger charge is -2.25. The Morgan fingerprint density at radius 3 is 2.56 bits per heavy atom. The number of para-hydroxylation sites is 1. The summed E-state index contributed by atoms with van der Waals surface area (Å²) >= 11 is 0. The summed E-state index contributed by atoms with van der Waals surface area (Å²) in [6, 6.07) is 17.4. The zero-order valence-corrected chi connectivity index (χ0v) is 14.8. The van der Waals surface area contributed by atoms with Crippen molar-refractivity contribution in [2.45, 2.75) is 39.3 Å². The average molecular weight is 333 g/mol. The third-order valence-electron chi connectivity index (χ3n) is 4.87. The third kappa shape index (κ3) is 3.33. The number of aromatic nitrogens is 4. The van der Waals surface area contributed by atoms with Crippen molar-refractivity contribution in [3.05, 3.63) is 71.0 Å². The summed E-state index contributed by atoms with van der Waals surface area (Å²) in [6.07, 6.45) is 2.40. The van der Waals surface area contributed by atoms with Gasteiger partial charge in [-0.25, -0.2) is 0 Å². The van der Waals surface area contributed by atoms with Gasteiger partial charge in [-0.1, -0.05) is 47.5 Å². The van der Waals surface area contributed by atoms with Crippen LogP contribution in [0, 0.1) is 13.8 Å². The molecule has 1 unspecified atom stereocenters. The molecule has 0 spiro atoms. The molecular formula is C20H23N5. The van der Waals surface area contributed by atoms with Gasteiger partial charge >= 0.3 is 0 Å². The van der Waals surface area contributed by atoms with Gasteiger partial charge in [0.2, 0.25) is 0 Å². The van der Waals surface area contributed by atoms with Gasteiger partial charge in [0.05, 0.1) is 12.2 Å². The van der Waals surface area contributed by atoms with Crippen molar-refractivity contribution < 1.29 is 0 Å². The van der Waals surface area contributed by atoms with Crippen LogP contribution in [0.2, 0.25) is 0 Å². The van der Waals surface area contributed by atoms with Crippen LogP contribution in [0.4, 0.5) is 0 Å². The van der Waals surface area contributed by atoms with Gasteiger partial charge in [-0.2, -0.15) is 4.68 Å². The molecule has 1 atom stereocenters. The molecule has 0 radical (unpaired) electrons. The molecule has 1 aliphatic rings. The molecule has 128 valence electrons. The Hall–Kier alpha value is -2.53. The monoisotopic (exact) mass is 333 g/mol. The summed E-state index contributed by atoms with van der Waals surface area (Å²) < 4.78 is 1.84. The molecule has 3 aromatic rings. The molecular weight excluding hydrogens is 310 g/mol. The molecule has 0 aliphatic carbocycles. The van der Waals surface area contributed by atoms with E-state index in [0.717, 1.165) is 24.6 Å². The van der Waals surface area contributed by atoms with Gasteiger partial charge in [-0.15, -0.1) is 5.10 Å². The van der Waals surface area contributed by atoms with Crippen molar-refractivity contribution >= 4 is 0 Å². The predicted molar refractivity (Wildman–Crippen MR) is 97.5 cm³/mol. The van der Waals surface area contributed by atoms with Crippen LogP contribution in [0.5, 0.6) is 0 Å². The SMILES string of the molecule is Cc1cc(C)cc(C2CCCN2Cc2nnnn2-c2ccccc2)c1. The quantitative estimate of drug-likeness (QED) is 0.732. The van der Waals surface area contributed by atoms with E-state index in [9.17, 15) is 0 Å². The Balaban J connectivity index is 1.60. The minimum Gasteiger partial charge on any atom is -0.289 e. The average Bonchev–Trinajstić information content (AvgIpc) is 3.24. The van der Waals surface area contributed by atoms with Gasteiger partial charge in [0.25, 0.3) is 0 Å². The molecule has 1 fully saturated rings. The van der Waals surface area contributed by atoms with Gasteiger partial charge in [0.1, 0.15) is 0 Å². The standard InChI is InChI=1S/C20H23N5/c1-15-11-16(2)13-17(12-15)19-9-6-10-24(19)14-20-21-22-23-25(20)18-7-4-3-5-8-18/h3-5,7-8,11-13,19H,6,9-10,14H2,1-2H3. The number of rotatable bonds is 4. The second-order valence-corrected chi connectivity index (χ2v) is 6.89. The molecule has 5 nitrogen and oxygen atoms in total. The highest BCUT2D eigenvalue weighted by Crippen LogP contribution is 2.33. The molecule has 5 heteroatoms. The largest absolute Gasteiger partial charge is 0.289 e. The number of likely N-dealkylation sites (tertiary alicyclic amines) is 1. The van der Waals surface area contributed by atoms with E-state index in [2.05, 4.69) is 52.5 Å². The summed E-state index contributed by atoms with van der Waals surface area (Å²) in [7, 11) is 0. The molecule has 4 rings (SSSR count). The lowest BCUT2D eigenvalue weighted by Crippen LogP contribution is -2.25. The number of tetrazole rings is 1. The van der Waals surface area contributed by atoms with Crippen molar-refractivity contribution in [3.63, 3.8) is 0 Å². The number of benzene rings is 2. The highest BCUT2D eigenvalue weighted by atomic mass is 15.5. The number of aryl methyl sites for hydroxylation is 2. The van der Waals surface area contributed by atoms with Crippen molar-refractivity contribution in [1.82, 2.24) is 25.1 Å². The molecule has 2 heterocycles. The maximum Gasteiger partial charge on any atom is 0.170 e. The van der Waals surface area contributed by atoms with Crippen LogP contribution >= 0.6 is 0 Å². The van der Waals surface area contributed by atoms with E-state index in [1.165, 1.54) is 29.5 Å². The smallest absolute Gasteiger partial charge is 0.170 e. The van der Waals surface area contributed by atoms with E-state index in [1.807, 2.05) is 35.0 Å². The molecule has 1 aliphatic heterocycles. The maximum absolute atomic E-state index is 4.28. The second kappa shape index (κ2) is 6.76. The molecule has 25 heavy (non-hydrogen) atoms. The molecule has 0 N–H and O–H groups in total. The van der Waals surface area contributed by atoms with Crippen LogP contribution < -0.4 is 0 Å². The Labute approximate surface area is 148 Å². The van der Waals surface area contributed by atoms with Gasteiger partial charge in [-0.3, -0.25) is 4.90 Å². The minimum atomic E-state index is 0.444. The van der Waals surface area contributed by atoms with Crippen LogP contribution in [-0.4, -0.2) is 31.7 Å². The van der Waals surface area contributed by atoms with Crippen LogP contribution in [-0.2, 0) is 6.54 Å². The van der Waals surface area contributed by atoms with Gasteiger partial charge in [0.15, 0.2) is 5.82 Å². The third-order valence-corrected chi connectivity index (χ3v) is 4.87. The van der Waals surface area contributed by atoms with Crippen LogP contribution in [0.25, 0.3) is 5.69 Å². The first-order valence-corrected chi connectivity index (χ1v) is 8.85. The van der Waals surface area contributed by atoms with E-state index < -0.39 is 0 Å². The highest BCUT2D eigenvalue weighted by molar-refractivity contribution is 5.32. The van der Waals surface area contributed by atoms with Crippen LogP contribution in [0.3, 0.4) is 0 Å². The first kappa shape index (κ1) is 16.0. The van der Waals surface area contributed by atoms with E-state index in [0.29, 0.717) is 6.04 Å². The van der Waals surface area contributed by atoms with Crippen molar-refractivity contribution in [3.8, 4) is 5.69 Å². The lowest BCUT2D eigenvalue weighted by molar-refractivity contribution is 0.240. The Morgan fingerprint density at radius 1 is 1.04 bits per heavy atom. The Kier molecular flexibility index (Phi) is 4.32. The van der Waals surface area contributed by atoms with Crippen LogP contribution in [0.15, 0.2) is 48.5 Å². The molecule has 2 aromatic carbocycles. The van der Waals surface area contributed by atoms with Crippen LogP contribution in [0.1, 0.15) is 41.4 Å². The van der Waals surface area contributed by atoms with Gasteiger partial charge in [-0.05, 0) is 61.4 Å². The molecule has 1 saturated heterocycles. The summed E-state index contributed by atoms with van der Waals surface area (Å²) in [5.41, 5.74) is 5.07. The van der Waals surface area contributed by atoms with Crippen molar-refractivity contribution in [2.75, 3.05) is 6.54 Å². The summed E-state index contributed by atoms with van der Waals surface area (Å²) in [4.78, 5) is 2.50. The highest BCUT2D eigenvalue weighted by Gasteiger charge is 2.28. The number of nitrogens with zero attached hydrogens (tertiary/aromatic N) is 5. The summed E-state index contributed by atoms with van der Waals surface area (Å²) in [5, 5.41) is 12.4. The summed E-state index contributed by atoms with van der Waals surface area (Å²) in [5.74, 6) is 0.891. The lowest BCUT2D eigenvalue weighted by atomic mass is 9.99. The molecule has 0 bridgehead atoms. The number of hydrogen-bond donors (Lipinski definition) is 0. The molecule has 0 amide bonds. The first-order chi connectivity index (χ1) is 12.2. The fourth-order valence-corrected chi connectivity index (χ4v) is 3.85. The van der Waals surface area contributed by atoms with E-state index >= 15 is 0 Å². The van der Waals surface area contributed by atoms with E-state index in [-0.39, 0.29) is 0 Å². The fourth-order valence-electron chi connectivity index (χ4n) is 3.85. The maximum atomic E-state index is 4.28. The fraction of sp³-hybridized carbons (Fsp3) is 0.350. The normalized spacial score (nSPS) is 17.9. The van der Waals surface area contributed by atoms with E-state index in [1.54, 1.807) is 0 Å². The molecule has 0 saturated carbocycles. The van der Waals surface area contributed by atoms with Gasteiger partial charge in [0, 0.05) is 6.04 Å². The zero-order chi connectivity index (χ0) is 17.2. The topological polar surface area (TPSA) is 46.8 Å². The van der Waals surface area contributed by atoms with E-state index in [4.69, 9.17) is 0 Å². The molecule has 1 aromatic heterocycles. The zero-order valence-electron chi connectivity index (χ0n) is 14.8. The second-order valence-electron chi connectivity index (χ2n) is 6.89. The summed E-state index contributed by atoms with van der Waals surface area (Å²) in [6.45, 7) is 6.19.